The van der Waals surface area contributed by atoms with E-state index >= 15 is 0 Å². The van der Waals surface area contributed by atoms with Crippen LogP contribution in [-0.2, 0) is 9.53 Å². The Labute approximate surface area is 111 Å². The number of amides is 1. The van der Waals surface area contributed by atoms with Crippen LogP contribution < -0.4 is 16.0 Å². The molecule has 1 amide bonds. The standard InChI is InChI=1S/C13H29N3O2/c1-4-14-9-11-18-10-6-13(17)16-8-5-7-15-12(2)3/h12,14-15H,4-11H2,1-3H3,(H,16,17). The van der Waals surface area contributed by atoms with Gasteiger partial charge < -0.3 is 20.7 Å². The van der Waals surface area contributed by atoms with Gasteiger partial charge in [-0.25, -0.2) is 0 Å². The molecule has 3 N–H and O–H groups in total. The second kappa shape index (κ2) is 12.8. The number of hydrogen-bond donors (Lipinski definition) is 3. The van der Waals surface area contributed by atoms with Crippen molar-refractivity contribution in [2.45, 2.75) is 39.7 Å². The Morgan fingerprint density at radius 3 is 2.61 bits per heavy atom. The Balaban J connectivity index is 3.17. The van der Waals surface area contributed by atoms with Crippen molar-refractivity contribution in [3.63, 3.8) is 0 Å². The van der Waals surface area contributed by atoms with Crippen LogP contribution in [0.4, 0.5) is 0 Å². The average Bonchev–Trinajstić information content (AvgIpc) is 2.33. The van der Waals surface area contributed by atoms with E-state index in [0.717, 1.165) is 32.6 Å². The third-order valence-corrected chi connectivity index (χ3v) is 2.37. The molecule has 0 aliphatic carbocycles. The van der Waals surface area contributed by atoms with E-state index in [2.05, 4.69) is 36.7 Å². The van der Waals surface area contributed by atoms with Crippen LogP contribution in [0.15, 0.2) is 0 Å². The first-order valence-corrected chi connectivity index (χ1v) is 6.95. The lowest BCUT2D eigenvalue weighted by atomic mass is 10.3. The Morgan fingerprint density at radius 1 is 1.17 bits per heavy atom. The summed E-state index contributed by atoms with van der Waals surface area (Å²) in [6, 6.07) is 0.505. The van der Waals surface area contributed by atoms with Crippen LogP contribution in [0.25, 0.3) is 0 Å². The number of nitrogens with one attached hydrogen (secondary N) is 3. The molecule has 18 heavy (non-hydrogen) atoms. The fraction of sp³-hybridized carbons (Fsp3) is 0.923. The van der Waals surface area contributed by atoms with Crippen LogP contribution >= 0.6 is 0 Å². The summed E-state index contributed by atoms with van der Waals surface area (Å²) < 4.78 is 5.33. The van der Waals surface area contributed by atoms with Gasteiger partial charge in [-0.1, -0.05) is 20.8 Å². The van der Waals surface area contributed by atoms with Crippen LogP contribution in [0, 0.1) is 0 Å². The predicted octanol–water partition coefficient (Wildman–Crippen LogP) is 0.507. The average molecular weight is 259 g/mol. The van der Waals surface area contributed by atoms with Gasteiger partial charge in [-0.3, -0.25) is 4.79 Å². The fourth-order valence-corrected chi connectivity index (χ4v) is 1.38. The molecule has 0 aliphatic rings. The minimum atomic E-state index is 0.0722. The van der Waals surface area contributed by atoms with E-state index in [1.807, 2.05) is 0 Å². The summed E-state index contributed by atoms with van der Waals surface area (Å²) in [6.45, 7) is 10.9. The zero-order chi connectivity index (χ0) is 13.6. The maximum Gasteiger partial charge on any atom is 0.222 e. The van der Waals surface area contributed by atoms with Gasteiger partial charge in [-0.2, -0.15) is 0 Å². The smallest absolute Gasteiger partial charge is 0.222 e. The zero-order valence-corrected chi connectivity index (χ0v) is 12.1. The molecule has 0 spiro atoms. The third kappa shape index (κ3) is 13.4. The van der Waals surface area contributed by atoms with Crippen molar-refractivity contribution in [3.05, 3.63) is 0 Å². The molecule has 5 nitrogen and oxygen atoms in total. The van der Waals surface area contributed by atoms with Gasteiger partial charge in [0, 0.05) is 25.6 Å². The summed E-state index contributed by atoms with van der Waals surface area (Å²) in [7, 11) is 0. The lowest BCUT2D eigenvalue weighted by Gasteiger charge is -2.09. The number of rotatable bonds is 12. The molecule has 0 atom stereocenters. The molecule has 108 valence electrons. The Bertz CT molecular complexity index is 199. The molecule has 0 unspecified atom stereocenters. The largest absolute Gasteiger partial charge is 0.380 e. The van der Waals surface area contributed by atoms with Crippen LogP contribution in [0.1, 0.15) is 33.6 Å². The van der Waals surface area contributed by atoms with Crippen molar-refractivity contribution in [1.29, 1.82) is 0 Å². The van der Waals surface area contributed by atoms with Crippen LogP contribution in [0.2, 0.25) is 0 Å². The predicted molar refractivity (Wildman–Crippen MR) is 74.7 cm³/mol. The minimum absolute atomic E-state index is 0.0722. The summed E-state index contributed by atoms with van der Waals surface area (Å²) >= 11 is 0. The minimum Gasteiger partial charge on any atom is -0.380 e. The van der Waals surface area contributed by atoms with Gasteiger partial charge in [0.05, 0.1) is 13.2 Å². The lowest BCUT2D eigenvalue weighted by molar-refractivity contribution is -0.122. The van der Waals surface area contributed by atoms with Crippen molar-refractivity contribution in [2.75, 3.05) is 39.4 Å². The maximum atomic E-state index is 11.4. The number of carbonyl (C=O) groups excluding carboxylic acids is 1. The molecule has 0 bridgehead atoms. The highest BCUT2D eigenvalue weighted by Crippen LogP contribution is 1.84. The van der Waals surface area contributed by atoms with Crippen LogP contribution in [-0.4, -0.2) is 51.3 Å². The van der Waals surface area contributed by atoms with Crippen LogP contribution in [0.5, 0.6) is 0 Å². The molecule has 0 aromatic rings. The van der Waals surface area contributed by atoms with Gasteiger partial charge in [-0.15, -0.1) is 0 Å². The van der Waals surface area contributed by atoms with Crippen molar-refractivity contribution in [1.82, 2.24) is 16.0 Å². The summed E-state index contributed by atoms with van der Waals surface area (Å²) in [5.41, 5.74) is 0. The first-order chi connectivity index (χ1) is 8.66. The summed E-state index contributed by atoms with van der Waals surface area (Å²) in [6.07, 6.45) is 1.41. The fourth-order valence-electron chi connectivity index (χ4n) is 1.38. The second-order valence-electron chi connectivity index (χ2n) is 4.53. The van der Waals surface area contributed by atoms with E-state index in [0.29, 0.717) is 25.7 Å². The third-order valence-electron chi connectivity index (χ3n) is 2.37. The van der Waals surface area contributed by atoms with Crippen LogP contribution in [0.3, 0.4) is 0 Å². The molecule has 0 saturated heterocycles. The van der Waals surface area contributed by atoms with E-state index in [-0.39, 0.29) is 5.91 Å². The van der Waals surface area contributed by atoms with Gasteiger partial charge in [0.2, 0.25) is 5.91 Å². The van der Waals surface area contributed by atoms with E-state index in [1.165, 1.54) is 0 Å². The summed E-state index contributed by atoms with van der Waals surface area (Å²) in [5.74, 6) is 0.0722. The molecule has 0 rings (SSSR count). The molecule has 0 saturated carbocycles. The highest BCUT2D eigenvalue weighted by molar-refractivity contribution is 5.75. The van der Waals surface area contributed by atoms with Gasteiger partial charge >= 0.3 is 0 Å². The highest BCUT2D eigenvalue weighted by Gasteiger charge is 2.00. The van der Waals surface area contributed by atoms with Gasteiger partial charge in [0.1, 0.15) is 0 Å². The van der Waals surface area contributed by atoms with Crippen molar-refractivity contribution in [3.8, 4) is 0 Å². The second-order valence-corrected chi connectivity index (χ2v) is 4.53. The first kappa shape index (κ1) is 17.4. The first-order valence-electron chi connectivity index (χ1n) is 6.95. The number of likely N-dealkylation sites (N-methyl/N-ethyl adjacent to an activating group) is 1. The molecule has 0 heterocycles. The topological polar surface area (TPSA) is 62.4 Å². The Kier molecular flexibility index (Phi) is 12.3. The molecular weight excluding hydrogens is 230 g/mol. The Hall–Kier alpha value is -0.650. The van der Waals surface area contributed by atoms with Gasteiger partial charge in [-0.05, 0) is 19.5 Å². The summed E-state index contributed by atoms with van der Waals surface area (Å²) in [5, 5.41) is 9.35. The molecule has 0 radical (unpaired) electrons. The van der Waals surface area contributed by atoms with Gasteiger partial charge in [0.25, 0.3) is 0 Å². The number of hydrogen-bond acceptors (Lipinski definition) is 4. The van der Waals surface area contributed by atoms with Crippen molar-refractivity contribution in [2.24, 2.45) is 0 Å². The highest BCUT2D eigenvalue weighted by atomic mass is 16.5. The molecule has 0 aromatic heterocycles. The zero-order valence-electron chi connectivity index (χ0n) is 12.1. The van der Waals surface area contributed by atoms with E-state index in [9.17, 15) is 4.79 Å². The van der Waals surface area contributed by atoms with Gasteiger partial charge in [0.15, 0.2) is 0 Å². The molecule has 5 heteroatoms. The maximum absolute atomic E-state index is 11.4. The monoisotopic (exact) mass is 259 g/mol. The van der Waals surface area contributed by atoms with Crippen molar-refractivity contribution < 1.29 is 9.53 Å². The quantitative estimate of drug-likeness (QED) is 0.447. The molecular formula is C13H29N3O2. The molecule has 0 aliphatic heterocycles. The number of carbonyl (C=O) groups is 1. The van der Waals surface area contributed by atoms with E-state index < -0.39 is 0 Å². The SMILES string of the molecule is CCNCCOCCC(=O)NCCCNC(C)C. The summed E-state index contributed by atoms with van der Waals surface area (Å²) in [4.78, 5) is 11.4. The molecule has 0 fully saturated rings. The number of ether oxygens (including phenoxy) is 1. The molecule has 0 aromatic carbocycles. The van der Waals surface area contributed by atoms with Crippen molar-refractivity contribution >= 4 is 5.91 Å². The van der Waals surface area contributed by atoms with E-state index in [4.69, 9.17) is 4.74 Å². The Morgan fingerprint density at radius 2 is 1.94 bits per heavy atom. The van der Waals surface area contributed by atoms with E-state index in [1.54, 1.807) is 0 Å². The lowest BCUT2D eigenvalue weighted by Crippen LogP contribution is -2.30. The normalized spacial score (nSPS) is 10.9.